The highest BCUT2D eigenvalue weighted by molar-refractivity contribution is 7.16. The average molecular weight is 258 g/mol. The maximum Gasteiger partial charge on any atom is 0.338 e. The minimum atomic E-state index is -1.59. The Bertz CT molecular complexity index is 430. The van der Waals surface area contributed by atoms with E-state index in [1.807, 2.05) is 6.92 Å². The van der Waals surface area contributed by atoms with Crippen LogP contribution in [-0.2, 0) is 16.0 Å². The number of hydrogen-bond donors (Lipinski definition) is 3. The van der Waals surface area contributed by atoms with Crippen molar-refractivity contribution in [3.05, 3.63) is 10.6 Å². The molecule has 0 spiro atoms. The summed E-state index contributed by atoms with van der Waals surface area (Å²) < 4.78 is 0. The lowest BCUT2D eigenvalue weighted by molar-refractivity contribution is -0.146. The summed E-state index contributed by atoms with van der Waals surface area (Å²) in [6.45, 7) is 3.27. The molecular weight excluding hydrogens is 244 g/mol. The van der Waals surface area contributed by atoms with Gasteiger partial charge in [-0.3, -0.25) is 4.79 Å². The van der Waals surface area contributed by atoms with E-state index < -0.39 is 12.1 Å². The predicted molar refractivity (Wildman–Crippen MR) is 63.0 cm³/mol. The summed E-state index contributed by atoms with van der Waals surface area (Å²) in [6, 6.07) is 0. The summed E-state index contributed by atoms with van der Waals surface area (Å²) in [5.41, 5.74) is 0.524. The molecule has 94 valence electrons. The molecule has 0 fully saturated rings. The van der Waals surface area contributed by atoms with E-state index >= 15 is 0 Å². The minimum Gasteiger partial charge on any atom is -0.479 e. The Hall–Kier alpha value is -1.47. The van der Waals surface area contributed by atoms with Crippen LogP contribution in [0.2, 0.25) is 0 Å². The van der Waals surface area contributed by atoms with Crippen LogP contribution in [-0.4, -0.2) is 27.1 Å². The van der Waals surface area contributed by atoms with Crippen molar-refractivity contribution in [1.29, 1.82) is 0 Å². The van der Waals surface area contributed by atoms with E-state index in [1.165, 1.54) is 6.92 Å². The Balaban J connectivity index is 3.04. The van der Waals surface area contributed by atoms with E-state index in [2.05, 4.69) is 10.3 Å². The first-order valence-corrected chi connectivity index (χ1v) is 5.95. The number of aliphatic carboxylic acids is 1. The van der Waals surface area contributed by atoms with Gasteiger partial charge in [0, 0.05) is 6.92 Å². The van der Waals surface area contributed by atoms with Crippen LogP contribution in [0.25, 0.3) is 0 Å². The zero-order chi connectivity index (χ0) is 13.0. The van der Waals surface area contributed by atoms with E-state index in [9.17, 15) is 14.7 Å². The van der Waals surface area contributed by atoms with Gasteiger partial charge in [0.1, 0.15) is 0 Å². The van der Waals surface area contributed by atoms with Crippen LogP contribution in [0.1, 0.15) is 36.9 Å². The van der Waals surface area contributed by atoms with Gasteiger partial charge in [0.05, 0.1) is 10.6 Å². The van der Waals surface area contributed by atoms with Gasteiger partial charge < -0.3 is 15.5 Å². The number of aryl methyl sites for hydroxylation is 1. The first-order chi connectivity index (χ1) is 7.95. The van der Waals surface area contributed by atoms with Gasteiger partial charge in [-0.2, -0.15) is 0 Å². The molecule has 0 aliphatic rings. The Morgan fingerprint density at radius 2 is 2.18 bits per heavy atom. The molecule has 1 rings (SSSR count). The van der Waals surface area contributed by atoms with Crippen molar-refractivity contribution in [1.82, 2.24) is 4.98 Å². The highest BCUT2D eigenvalue weighted by Crippen LogP contribution is 2.29. The van der Waals surface area contributed by atoms with Gasteiger partial charge in [-0.05, 0) is 6.42 Å². The highest BCUT2D eigenvalue weighted by Gasteiger charge is 2.23. The van der Waals surface area contributed by atoms with Crippen LogP contribution < -0.4 is 5.32 Å². The fourth-order valence-corrected chi connectivity index (χ4v) is 2.35. The molecule has 1 aromatic rings. The average Bonchev–Trinajstić information content (AvgIpc) is 2.59. The number of carboxylic acids is 1. The van der Waals surface area contributed by atoms with E-state index in [-0.39, 0.29) is 10.8 Å². The normalized spacial score (nSPS) is 12.2. The molecule has 1 unspecified atom stereocenters. The van der Waals surface area contributed by atoms with Crippen LogP contribution in [0.3, 0.4) is 0 Å². The SMILES string of the molecule is CCCc1nc(NC(C)=O)sc1C(O)C(=O)O. The number of aliphatic hydroxyl groups is 1. The number of carbonyl (C=O) groups is 2. The molecule has 0 saturated carbocycles. The zero-order valence-electron chi connectivity index (χ0n) is 9.56. The van der Waals surface area contributed by atoms with Crippen LogP contribution in [0.4, 0.5) is 5.13 Å². The Kier molecular flexibility index (Phi) is 4.59. The Morgan fingerprint density at radius 3 is 2.65 bits per heavy atom. The predicted octanol–water partition coefficient (Wildman–Crippen LogP) is 1.17. The molecule has 1 aromatic heterocycles. The number of nitrogens with zero attached hydrogens (tertiary/aromatic N) is 1. The van der Waals surface area contributed by atoms with Gasteiger partial charge in [0.2, 0.25) is 5.91 Å². The number of anilines is 1. The first kappa shape index (κ1) is 13.6. The standard InChI is InChI=1S/C10H14N2O4S/c1-3-4-6-8(7(14)9(15)16)17-10(12-6)11-5(2)13/h7,14H,3-4H2,1-2H3,(H,15,16)(H,11,12,13). The number of hydrogen-bond acceptors (Lipinski definition) is 5. The molecule has 7 heteroatoms. The van der Waals surface area contributed by atoms with Gasteiger partial charge in [-0.25, -0.2) is 9.78 Å². The molecule has 0 aromatic carbocycles. The molecule has 0 saturated heterocycles. The fourth-order valence-electron chi connectivity index (χ4n) is 1.31. The Morgan fingerprint density at radius 1 is 1.53 bits per heavy atom. The van der Waals surface area contributed by atoms with Gasteiger partial charge >= 0.3 is 5.97 Å². The summed E-state index contributed by atoms with van der Waals surface area (Å²) >= 11 is 0.990. The second kappa shape index (κ2) is 5.74. The molecule has 0 bridgehead atoms. The van der Waals surface area contributed by atoms with E-state index in [4.69, 9.17) is 5.11 Å². The third-order valence-electron chi connectivity index (χ3n) is 1.98. The number of thiazole rings is 1. The third-order valence-corrected chi connectivity index (χ3v) is 3.05. The van der Waals surface area contributed by atoms with Gasteiger partial charge in [-0.1, -0.05) is 24.7 Å². The van der Waals surface area contributed by atoms with Crippen LogP contribution >= 0.6 is 11.3 Å². The van der Waals surface area contributed by atoms with Crippen molar-refractivity contribution in [2.45, 2.75) is 32.8 Å². The van der Waals surface area contributed by atoms with Crippen LogP contribution in [0.5, 0.6) is 0 Å². The lowest BCUT2D eigenvalue weighted by atomic mass is 10.2. The molecule has 0 aliphatic carbocycles. The monoisotopic (exact) mass is 258 g/mol. The summed E-state index contributed by atoms with van der Waals surface area (Å²) in [6.07, 6.45) is -0.241. The largest absolute Gasteiger partial charge is 0.479 e. The lowest BCUT2D eigenvalue weighted by Gasteiger charge is -2.03. The molecule has 0 radical (unpaired) electrons. The third kappa shape index (κ3) is 3.50. The molecule has 1 atom stereocenters. The fraction of sp³-hybridized carbons (Fsp3) is 0.500. The molecule has 1 amide bonds. The molecular formula is C10H14N2O4S. The van der Waals surface area contributed by atoms with Crippen molar-refractivity contribution < 1.29 is 19.8 Å². The lowest BCUT2D eigenvalue weighted by Crippen LogP contribution is -2.10. The van der Waals surface area contributed by atoms with Gasteiger partial charge in [0.25, 0.3) is 0 Å². The van der Waals surface area contributed by atoms with Crippen molar-refractivity contribution >= 4 is 28.3 Å². The summed E-state index contributed by atoms with van der Waals surface area (Å²) in [5, 5.41) is 21.1. The number of rotatable bonds is 5. The summed E-state index contributed by atoms with van der Waals surface area (Å²) in [5.74, 6) is -1.60. The number of carboxylic acid groups (broad SMARTS) is 1. The van der Waals surface area contributed by atoms with Gasteiger partial charge in [-0.15, -0.1) is 0 Å². The number of carbonyl (C=O) groups excluding carboxylic acids is 1. The van der Waals surface area contributed by atoms with Crippen molar-refractivity contribution in [3.63, 3.8) is 0 Å². The molecule has 0 aliphatic heterocycles. The van der Waals surface area contributed by atoms with Crippen molar-refractivity contribution in [2.75, 3.05) is 5.32 Å². The van der Waals surface area contributed by atoms with Crippen LogP contribution in [0, 0.1) is 0 Å². The second-order valence-corrected chi connectivity index (χ2v) is 4.53. The Labute approximate surface area is 102 Å². The number of aliphatic hydroxyl groups excluding tert-OH is 1. The van der Waals surface area contributed by atoms with E-state index in [0.717, 1.165) is 17.8 Å². The molecule has 6 nitrogen and oxygen atoms in total. The second-order valence-electron chi connectivity index (χ2n) is 3.50. The van der Waals surface area contributed by atoms with E-state index in [0.29, 0.717) is 17.2 Å². The first-order valence-electron chi connectivity index (χ1n) is 5.13. The van der Waals surface area contributed by atoms with E-state index in [1.54, 1.807) is 0 Å². The maximum absolute atomic E-state index is 10.9. The zero-order valence-corrected chi connectivity index (χ0v) is 10.4. The van der Waals surface area contributed by atoms with Crippen molar-refractivity contribution in [2.24, 2.45) is 0 Å². The molecule has 3 N–H and O–H groups in total. The molecule has 1 heterocycles. The summed E-state index contributed by atoms with van der Waals surface area (Å²) in [7, 11) is 0. The number of aromatic nitrogens is 1. The smallest absolute Gasteiger partial charge is 0.338 e. The maximum atomic E-state index is 10.9. The number of nitrogens with one attached hydrogen (secondary N) is 1. The molecule has 17 heavy (non-hydrogen) atoms. The summed E-state index contributed by atoms with van der Waals surface area (Å²) in [4.78, 5) is 26.0. The van der Waals surface area contributed by atoms with Crippen molar-refractivity contribution in [3.8, 4) is 0 Å². The quantitative estimate of drug-likeness (QED) is 0.736. The minimum absolute atomic E-state index is 0.279. The number of amides is 1. The topological polar surface area (TPSA) is 99.5 Å². The highest BCUT2D eigenvalue weighted by atomic mass is 32.1. The van der Waals surface area contributed by atoms with Gasteiger partial charge in [0.15, 0.2) is 11.2 Å². The van der Waals surface area contributed by atoms with Crippen LogP contribution in [0.15, 0.2) is 0 Å².